The molecule has 0 atom stereocenters. The molecule has 1 fully saturated rings. The lowest BCUT2D eigenvalue weighted by molar-refractivity contribution is -0.119. The third-order valence-electron chi connectivity index (χ3n) is 5.08. The number of likely N-dealkylation sites (tertiary alicyclic amines) is 1. The lowest BCUT2D eigenvalue weighted by Crippen LogP contribution is -2.41. The Morgan fingerprint density at radius 3 is 2.55 bits per heavy atom. The van der Waals surface area contributed by atoms with Crippen molar-refractivity contribution in [3.63, 3.8) is 0 Å². The summed E-state index contributed by atoms with van der Waals surface area (Å²) in [5.74, 6) is 1.14. The molecule has 1 saturated heterocycles. The van der Waals surface area contributed by atoms with Crippen LogP contribution in [0, 0.1) is 5.92 Å². The van der Waals surface area contributed by atoms with Gasteiger partial charge in [0, 0.05) is 26.6 Å². The number of nitrogens with zero attached hydrogens (tertiary/aromatic N) is 4. The topological polar surface area (TPSA) is 80.1 Å². The number of carbonyl (C=O) groups is 2. The highest BCUT2D eigenvalue weighted by Crippen LogP contribution is 2.26. The van der Waals surface area contributed by atoms with Crippen LogP contribution in [0.2, 0.25) is 0 Å². The van der Waals surface area contributed by atoms with E-state index in [1.54, 1.807) is 16.0 Å². The van der Waals surface area contributed by atoms with E-state index in [0.717, 1.165) is 23.4 Å². The van der Waals surface area contributed by atoms with Gasteiger partial charge in [0.05, 0.1) is 10.6 Å². The summed E-state index contributed by atoms with van der Waals surface area (Å²) >= 11 is 1.57. The third-order valence-corrected chi connectivity index (χ3v) is 5.95. The molecule has 29 heavy (non-hydrogen) atoms. The van der Waals surface area contributed by atoms with Crippen molar-refractivity contribution in [1.82, 2.24) is 25.0 Å². The van der Waals surface area contributed by atoms with E-state index in [9.17, 15) is 9.59 Å². The number of benzene rings is 1. The van der Waals surface area contributed by atoms with Crippen molar-refractivity contribution in [2.24, 2.45) is 5.92 Å². The highest BCUT2D eigenvalue weighted by Gasteiger charge is 2.27. The maximum absolute atomic E-state index is 13.1. The summed E-state index contributed by atoms with van der Waals surface area (Å²) in [6, 6.07) is 13.7. The second kappa shape index (κ2) is 8.57. The molecule has 2 amide bonds. The summed E-state index contributed by atoms with van der Waals surface area (Å²) in [6.45, 7) is 3.49. The van der Waals surface area contributed by atoms with Crippen LogP contribution >= 0.6 is 11.3 Å². The lowest BCUT2D eigenvalue weighted by Gasteiger charge is -2.31. The normalized spacial score (nSPS) is 14.7. The van der Waals surface area contributed by atoms with Crippen molar-refractivity contribution in [3.05, 3.63) is 53.7 Å². The molecule has 2 aromatic heterocycles. The smallest absolute Gasteiger partial charge is 0.293 e. The van der Waals surface area contributed by atoms with Gasteiger partial charge in [-0.2, -0.15) is 0 Å². The van der Waals surface area contributed by atoms with Crippen molar-refractivity contribution in [3.8, 4) is 16.4 Å². The molecular weight excluding hydrogens is 386 g/mol. The summed E-state index contributed by atoms with van der Waals surface area (Å²) in [5.41, 5.74) is 0.872. The minimum Gasteiger partial charge on any atom is -0.356 e. The molecule has 0 saturated carbocycles. The minimum atomic E-state index is -0.143. The fourth-order valence-electron chi connectivity index (χ4n) is 3.49. The van der Waals surface area contributed by atoms with Gasteiger partial charge in [-0.25, -0.2) is 9.67 Å². The molecule has 0 bridgehead atoms. The van der Waals surface area contributed by atoms with Crippen LogP contribution in [0.15, 0.2) is 47.8 Å². The number of hydrogen-bond donors (Lipinski definition) is 1. The number of para-hydroxylation sites is 1. The van der Waals surface area contributed by atoms with E-state index in [2.05, 4.69) is 15.4 Å². The zero-order chi connectivity index (χ0) is 20.2. The average Bonchev–Trinajstić information content (AvgIpc) is 3.42. The summed E-state index contributed by atoms with van der Waals surface area (Å²) in [4.78, 5) is 31.5. The van der Waals surface area contributed by atoms with Gasteiger partial charge in [0.2, 0.25) is 11.7 Å². The van der Waals surface area contributed by atoms with E-state index >= 15 is 0 Å². The Hall–Kier alpha value is -3.00. The van der Waals surface area contributed by atoms with Crippen LogP contribution in [0.1, 0.15) is 30.4 Å². The van der Waals surface area contributed by atoms with E-state index in [-0.39, 0.29) is 17.6 Å². The Morgan fingerprint density at radius 1 is 1.14 bits per heavy atom. The summed E-state index contributed by atoms with van der Waals surface area (Å²) in [6.07, 6.45) is 1.73. The van der Waals surface area contributed by atoms with Crippen molar-refractivity contribution in [1.29, 1.82) is 0 Å². The van der Waals surface area contributed by atoms with Crippen LogP contribution in [-0.2, 0) is 4.79 Å². The first kappa shape index (κ1) is 19.3. The van der Waals surface area contributed by atoms with Crippen molar-refractivity contribution < 1.29 is 9.59 Å². The molecule has 1 aliphatic rings. The molecule has 0 spiro atoms. The Kier molecular flexibility index (Phi) is 5.71. The second-order valence-corrected chi connectivity index (χ2v) is 8.10. The number of piperidine rings is 1. The summed E-state index contributed by atoms with van der Waals surface area (Å²) in [7, 11) is 0. The number of aromatic nitrogens is 3. The van der Waals surface area contributed by atoms with Gasteiger partial charge in [-0.15, -0.1) is 16.4 Å². The molecule has 0 radical (unpaired) electrons. The number of nitrogens with one attached hydrogen (secondary N) is 1. The number of carbonyl (C=O) groups excluding carboxylic acids is 2. The molecule has 1 aromatic carbocycles. The monoisotopic (exact) mass is 409 g/mol. The standard InChI is InChI=1S/C21H23N5O2S/c1-15(27)22-14-16-9-11-25(12-10-16)21(28)19-23-20(18-8-5-13-29-18)26(24-19)17-6-3-2-4-7-17/h2-8,13,16H,9-12,14H2,1H3,(H,22,27). The third kappa shape index (κ3) is 4.37. The Balaban J connectivity index is 1.53. The molecule has 4 rings (SSSR count). The van der Waals surface area contributed by atoms with Crippen LogP contribution in [0.4, 0.5) is 0 Å². The van der Waals surface area contributed by atoms with E-state index in [4.69, 9.17) is 0 Å². The Morgan fingerprint density at radius 2 is 1.90 bits per heavy atom. The van der Waals surface area contributed by atoms with Gasteiger partial charge in [-0.1, -0.05) is 24.3 Å². The first-order chi connectivity index (χ1) is 14.1. The lowest BCUT2D eigenvalue weighted by atomic mass is 9.96. The van der Waals surface area contributed by atoms with Gasteiger partial charge in [0.15, 0.2) is 5.82 Å². The van der Waals surface area contributed by atoms with Gasteiger partial charge in [0.25, 0.3) is 5.91 Å². The van der Waals surface area contributed by atoms with Gasteiger partial charge in [-0.3, -0.25) is 9.59 Å². The summed E-state index contributed by atoms with van der Waals surface area (Å²) in [5, 5.41) is 9.41. The maximum Gasteiger partial charge on any atom is 0.293 e. The quantitative estimate of drug-likeness (QED) is 0.703. The number of thiophene rings is 1. The molecule has 150 valence electrons. The largest absolute Gasteiger partial charge is 0.356 e. The average molecular weight is 410 g/mol. The Labute approximate surface area is 173 Å². The van der Waals surface area contributed by atoms with Crippen LogP contribution < -0.4 is 5.32 Å². The molecular formula is C21H23N5O2S. The highest BCUT2D eigenvalue weighted by molar-refractivity contribution is 7.13. The van der Waals surface area contributed by atoms with E-state index in [1.807, 2.05) is 52.7 Å². The first-order valence-corrected chi connectivity index (χ1v) is 10.6. The SMILES string of the molecule is CC(=O)NCC1CCN(C(=O)c2nc(-c3cccs3)n(-c3ccccc3)n2)CC1. The maximum atomic E-state index is 13.1. The molecule has 1 N–H and O–H groups in total. The zero-order valence-corrected chi connectivity index (χ0v) is 17.1. The number of rotatable bonds is 5. The van der Waals surface area contributed by atoms with E-state index in [0.29, 0.717) is 31.4 Å². The van der Waals surface area contributed by atoms with Gasteiger partial charge in [0.1, 0.15) is 0 Å². The molecule has 0 unspecified atom stereocenters. The van der Waals surface area contributed by atoms with Gasteiger partial charge < -0.3 is 10.2 Å². The minimum absolute atomic E-state index is 0.0136. The molecule has 7 nitrogen and oxygen atoms in total. The highest BCUT2D eigenvalue weighted by atomic mass is 32.1. The van der Waals surface area contributed by atoms with Crippen LogP contribution in [0.3, 0.4) is 0 Å². The predicted molar refractivity (Wildman–Crippen MR) is 112 cm³/mol. The Bertz CT molecular complexity index is 976. The summed E-state index contributed by atoms with van der Waals surface area (Å²) < 4.78 is 1.74. The van der Waals surface area contributed by atoms with Gasteiger partial charge in [-0.05, 0) is 42.3 Å². The zero-order valence-electron chi connectivity index (χ0n) is 16.2. The second-order valence-electron chi connectivity index (χ2n) is 7.16. The first-order valence-electron chi connectivity index (χ1n) is 9.72. The molecule has 0 aliphatic carbocycles. The van der Waals surface area contributed by atoms with E-state index < -0.39 is 0 Å². The molecule has 8 heteroatoms. The molecule has 3 aromatic rings. The van der Waals surface area contributed by atoms with Crippen molar-refractivity contribution in [2.45, 2.75) is 19.8 Å². The fraction of sp³-hybridized carbons (Fsp3) is 0.333. The predicted octanol–water partition coefficient (Wildman–Crippen LogP) is 2.98. The molecule has 3 heterocycles. The van der Waals surface area contributed by atoms with Crippen LogP contribution in [0.5, 0.6) is 0 Å². The number of hydrogen-bond acceptors (Lipinski definition) is 5. The number of amides is 2. The van der Waals surface area contributed by atoms with Gasteiger partial charge >= 0.3 is 0 Å². The fourth-order valence-corrected chi connectivity index (χ4v) is 4.19. The molecule has 1 aliphatic heterocycles. The van der Waals surface area contributed by atoms with Crippen LogP contribution in [-0.4, -0.2) is 51.1 Å². The van der Waals surface area contributed by atoms with Crippen molar-refractivity contribution in [2.75, 3.05) is 19.6 Å². The van der Waals surface area contributed by atoms with E-state index in [1.165, 1.54) is 6.92 Å². The van der Waals surface area contributed by atoms with Crippen molar-refractivity contribution >= 4 is 23.2 Å². The van der Waals surface area contributed by atoms with Crippen LogP contribution in [0.25, 0.3) is 16.4 Å².